The Morgan fingerprint density at radius 3 is 1.05 bits per heavy atom. The standard InChI is InChI=1S/C69H44N6/c1-4-16-45(17-5-1)48-28-32-51(33-29-48)67-70-68(52-34-30-49(31-35-52)46-18-6-2-7-19-46)72-69(71-67)75-63-27-15-12-24-57(63)58-41-42-59-60-44-54(73-61-25-13-10-22-55(61)56-23-11-14-26-62(56)73)40-43-64(60)74(65(59)66(58)75)53-38-36-50(37-39-53)47-20-8-3-9-21-47/h1-44H. The van der Waals surface area contributed by atoms with Gasteiger partial charge in [-0.15, -0.1) is 0 Å². The molecule has 15 aromatic rings. The van der Waals surface area contributed by atoms with Gasteiger partial charge in [-0.1, -0.05) is 218 Å². The summed E-state index contributed by atoms with van der Waals surface area (Å²) in [4.78, 5) is 16.2. The van der Waals surface area contributed by atoms with Crippen LogP contribution in [-0.4, -0.2) is 28.7 Å². The first-order valence-electron chi connectivity index (χ1n) is 25.4. The van der Waals surface area contributed by atoms with Gasteiger partial charge in [0.25, 0.3) is 0 Å². The molecule has 0 N–H and O–H groups in total. The van der Waals surface area contributed by atoms with Crippen LogP contribution in [-0.2, 0) is 0 Å². The normalized spacial score (nSPS) is 11.7. The summed E-state index contributed by atoms with van der Waals surface area (Å²) in [5, 5.41) is 6.95. The molecule has 4 aromatic heterocycles. The quantitative estimate of drug-likeness (QED) is 0.152. The highest BCUT2D eigenvalue weighted by molar-refractivity contribution is 6.24. The third kappa shape index (κ3) is 6.99. The Kier molecular flexibility index (Phi) is 9.78. The highest BCUT2D eigenvalue weighted by atomic mass is 15.2. The second-order valence-electron chi connectivity index (χ2n) is 19.2. The predicted octanol–water partition coefficient (Wildman–Crippen LogP) is 17.5. The van der Waals surface area contributed by atoms with Crippen molar-refractivity contribution in [2.75, 3.05) is 0 Å². The largest absolute Gasteiger partial charge is 0.309 e. The zero-order chi connectivity index (χ0) is 49.4. The third-order valence-corrected chi connectivity index (χ3v) is 14.9. The van der Waals surface area contributed by atoms with E-state index < -0.39 is 0 Å². The number of aromatic nitrogens is 6. The molecule has 0 unspecified atom stereocenters. The lowest BCUT2D eigenvalue weighted by Crippen LogP contribution is -2.07. The summed E-state index contributed by atoms with van der Waals surface area (Å²) in [6.07, 6.45) is 0. The summed E-state index contributed by atoms with van der Waals surface area (Å²) in [5.41, 5.74) is 17.4. The van der Waals surface area contributed by atoms with Gasteiger partial charge in [-0.3, -0.25) is 4.57 Å². The van der Waals surface area contributed by atoms with E-state index in [-0.39, 0.29) is 0 Å². The number of benzene rings is 11. The maximum absolute atomic E-state index is 5.48. The first kappa shape index (κ1) is 42.5. The molecule has 0 atom stereocenters. The molecular weight excluding hydrogens is 913 g/mol. The number of hydrogen-bond donors (Lipinski definition) is 0. The molecule has 0 amide bonds. The topological polar surface area (TPSA) is 53.5 Å². The SMILES string of the molecule is c1ccc(-c2ccc(-c3nc(-c4ccc(-c5ccccc5)cc4)nc(-n4c5ccccc5c5ccc6c7cc(-n8c9ccccc9c9ccccc98)ccc7n(-c7ccc(-c8ccccc8)cc7)c6c54)n3)cc2)cc1. The summed E-state index contributed by atoms with van der Waals surface area (Å²) in [6, 6.07) is 95.3. The fraction of sp³-hybridized carbons (Fsp3) is 0. The van der Waals surface area contributed by atoms with Crippen molar-refractivity contribution >= 4 is 65.4 Å². The van der Waals surface area contributed by atoms with Gasteiger partial charge in [0.05, 0.1) is 33.1 Å². The molecule has 15 rings (SSSR count). The van der Waals surface area contributed by atoms with Crippen molar-refractivity contribution < 1.29 is 0 Å². The minimum atomic E-state index is 0.537. The number of hydrogen-bond acceptors (Lipinski definition) is 3. The van der Waals surface area contributed by atoms with Crippen molar-refractivity contribution in [3.63, 3.8) is 0 Å². The molecule has 6 nitrogen and oxygen atoms in total. The molecule has 0 aliphatic rings. The molecule has 6 heteroatoms. The molecule has 0 radical (unpaired) electrons. The van der Waals surface area contributed by atoms with Gasteiger partial charge in [0, 0.05) is 54.8 Å². The number of rotatable bonds is 8. The Balaban J connectivity index is 1.01. The van der Waals surface area contributed by atoms with Crippen LogP contribution >= 0.6 is 0 Å². The van der Waals surface area contributed by atoms with E-state index in [0.717, 1.165) is 93.9 Å². The van der Waals surface area contributed by atoms with E-state index in [4.69, 9.17) is 15.0 Å². The first-order chi connectivity index (χ1) is 37.2. The average molecular weight is 957 g/mol. The van der Waals surface area contributed by atoms with Gasteiger partial charge >= 0.3 is 0 Å². The minimum absolute atomic E-state index is 0.537. The minimum Gasteiger partial charge on any atom is -0.309 e. The van der Waals surface area contributed by atoms with Crippen molar-refractivity contribution in [3.05, 3.63) is 267 Å². The zero-order valence-corrected chi connectivity index (χ0v) is 40.6. The van der Waals surface area contributed by atoms with Gasteiger partial charge in [0.1, 0.15) is 0 Å². The molecule has 350 valence electrons. The van der Waals surface area contributed by atoms with Gasteiger partial charge < -0.3 is 9.13 Å². The summed E-state index contributed by atoms with van der Waals surface area (Å²) in [5.74, 6) is 1.72. The van der Waals surface area contributed by atoms with Crippen molar-refractivity contribution in [2.45, 2.75) is 0 Å². The van der Waals surface area contributed by atoms with Crippen molar-refractivity contribution in [2.24, 2.45) is 0 Å². The predicted molar refractivity (Wildman–Crippen MR) is 310 cm³/mol. The molecule has 0 bridgehead atoms. The van der Waals surface area contributed by atoms with Gasteiger partial charge in [-0.25, -0.2) is 4.98 Å². The summed E-state index contributed by atoms with van der Waals surface area (Å²) < 4.78 is 7.13. The van der Waals surface area contributed by atoms with E-state index in [0.29, 0.717) is 17.6 Å². The third-order valence-electron chi connectivity index (χ3n) is 14.9. The molecule has 0 saturated heterocycles. The van der Waals surface area contributed by atoms with Gasteiger partial charge in [0.2, 0.25) is 5.95 Å². The van der Waals surface area contributed by atoms with Gasteiger partial charge in [-0.2, -0.15) is 9.97 Å². The van der Waals surface area contributed by atoms with Crippen LogP contribution in [0.4, 0.5) is 0 Å². The summed E-state index contributed by atoms with van der Waals surface area (Å²) >= 11 is 0. The smallest absolute Gasteiger partial charge is 0.238 e. The van der Waals surface area contributed by atoms with E-state index in [1.807, 2.05) is 12.1 Å². The van der Waals surface area contributed by atoms with E-state index in [9.17, 15) is 0 Å². The number of nitrogens with zero attached hydrogens (tertiary/aromatic N) is 6. The Morgan fingerprint density at radius 1 is 0.213 bits per heavy atom. The second kappa shape index (κ2) is 17.3. The van der Waals surface area contributed by atoms with Crippen LogP contribution in [0.2, 0.25) is 0 Å². The molecule has 4 heterocycles. The zero-order valence-electron chi connectivity index (χ0n) is 40.6. The van der Waals surface area contributed by atoms with Crippen LogP contribution in [0.25, 0.3) is 139 Å². The number of fused-ring (bicyclic) bond motifs is 10. The lowest BCUT2D eigenvalue weighted by molar-refractivity contribution is 0.953. The molecule has 0 saturated carbocycles. The van der Waals surface area contributed by atoms with Gasteiger partial charge in [-0.05, 0) is 81.9 Å². The average Bonchev–Trinajstić information content (AvgIpc) is 4.18. The molecule has 0 spiro atoms. The molecule has 0 aliphatic heterocycles. The lowest BCUT2D eigenvalue weighted by atomic mass is 10.0. The molecule has 0 fully saturated rings. The highest BCUT2D eigenvalue weighted by Gasteiger charge is 2.25. The Bertz CT molecular complexity index is 4490. The molecule has 0 aliphatic carbocycles. The van der Waals surface area contributed by atoms with E-state index in [1.165, 1.54) is 27.4 Å². The van der Waals surface area contributed by atoms with Crippen LogP contribution in [0.5, 0.6) is 0 Å². The monoisotopic (exact) mass is 956 g/mol. The van der Waals surface area contributed by atoms with Crippen LogP contribution in [0.1, 0.15) is 0 Å². The van der Waals surface area contributed by atoms with E-state index in [1.54, 1.807) is 0 Å². The Labute approximate surface area is 432 Å². The maximum atomic E-state index is 5.48. The summed E-state index contributed by atoms with van der Waals surface area (Å²) in [6.45, 7) is 0. The first-order valence-corrected chi connectivity index (χ1v) is 25.4. The fourth-order valence-corrected chi connectivity index (χ4v) is 11.4. The van der Waals surface area contributed by atoms with Crippen molar-refractivity contribution in [1.29, 1.82) is 0 Å². The number of para-hydroxylation sites is 3. The lowest BCUT2D eigenvalue weighted by Gasteiger charge is -2.14. The van der Waals surface area contributed by atoms with Crippen LogP contribution < -0.4 is 0 Å². The molecule has 75 heavy (non-hydrogen) atoms. The van der Waals surface area contributed by atoms with Gasteiger partial charge in [0.15, 0.2) is 11.6 Å². The van der Waals surface area contributed by atoms with Crippen LogP contribution in [0.3, 0.4) is 0 Å². The van der Waals surface area contributed by atoms with E-state index >= 15 is 0 Å². The van der Waals surface area contributed by atoms with Crippen molar-refractivity contribution in [3.8, 4) is 73.5 Å². The second-order valence-corrected chi connectivity index (χ2v) is 19.2. The summed E-state index contributed by atoms with van der Waals surface area (Å²) in [7, 11) is 0. The molecule has 11 aromatic carbocycles. The fourth-order valence-electron chi connectivity index (χ4n) is 11.4. The van der Waals surface area contributed by atoms with E-state index in [2.05, 4.69) is 268 Å². The maximum Gasteiger partial charge on any atom is 0.238 e. The highest BCUT2D eigenvalue weighted by Crippen LogP contribution is 2.43. The van der Waals surface area contributed by atoms with Crippen molar-refractivity contribution in [1.82, 2.24) is 28.7 Å². The van der Waals surface area contributed by atoms with Crippen LogP contribution in [0.15, 0.2) is 267 Å². The molecular formula is C69H44N6. The van der Waals surface area contributed by atoms with Crippen LogP contribution in [0, 0.1) is 0 Å². The Hall–Kier alpha value is -10.2. The Morgan fingerprint density at radius 2 is 0.560 bits per heavy atom.